The maximum absolute atomic E-state index is 11.7. The monoisotopic (exact) mass is 267 g/mol. The van der Waals surface area contributed by atoms with Gasteiger partial charge in [-0.1, -0.05) is 13.8 Å². The minimum Gasteiger partial charge on any atom is -0.478 e. The fraction of sp³-hybridized carbons (Fsp3) is 0.615. The zero-order chi connectivity index (χ0) is 14.6. The van der Waals surface area contributed by atoms with Crippen molar-refractivity contribution in [3.8, 4) is 0 Å². The van der Waals surface area contributed by atoms with Crippen LogP contribution >= 0.6 is 0 Å². The molecule has 0 bridgehead atoms. The van der Waals surface area contributed by atoms with Crippen LogP contribution in [0.2, 0.25) is 0 Å². The van der Waals surface area contributed by atoms with Crippen molar-refractivity contribution >= 4 is 11.9 Å². The minimum absolute atomic E-state index is 0.0536. The van der Waals surface area contributed by atoms with E-state index in [1.807, 2.05) is 0 Å². The highest BCUT2D eigenvalue weighted by Gasteiger charge is 2.18. The van der Waals surface area contributed by atoms with E-state index < -0.39 is 5.97 Å². The van der Waals surface area contributed by atoms with Crippen molar-refractivity contribution in [2.45, 2.75) is 40.7 Å². The molecule has 19 heavy (non-hydrogen) atoms. The number of hydrogen-bond donors (Lipinski definition) is 2. The maximum Gasteiger partial charge on any atom is 0.339 e. The number of carboxylic acids is 1. The van der Waals surface area contributed by atoms with Crippen LogP contribution in [-0.4, -0.2) is 33.3 Å². The molecule has 0 aliphatic carbocycles. The Bertz CT molecular complexity index is 478. The van der Waals surface area contributed by atoms with Crippen LogP contribution < -0.4 is 5.32 Å². The summed E-state index contributed by atoms with van der Waals surface area (Å²) < 4.78 is 1.43. The highest BCUT2D eigenvalue weighted by atomic mass is 16.4. The van der Waals surface area contributed by atoms with E-state index in [1.54, 1.807) is 13.8 Å². The molecular formula is C13H21N3O3. The van der Waals surface area contributed by atoms with Gasteiger partial charge in [0, 0.05) is 6.54 Å². The Morgan fingerprint density at radius 1 is 1.37 bits per heavy atom. The number of carbonyl (C=O) groups is 2. The summed E-state index contributed by atoms with van der Waals surface area (Å²) in [5, 5.41) is 15.9. The largest absolute Gasteiger partial charge is 0.478 e. The Hall–Kier alpha value is -1.85. The number of nitrogens with one attached hydrogen (secondary N) is 1. The molecule has 0 unspecified atom stereocenters. The Morgan fingerprint density at radius 2 is 2.00 bits per heavy atom. The first-order valence-electron chi connectivity index (χ1n) is 6.37. The SMILES string of the molecule is Cc1nn(CC(=O)NCCC(C)C)c(C)c1C(=O)O. The molecule has 0 fully saturated rings. The number of amides is 1. The van der Waals surface area contributed by atoms with Crippen LogP contribution in [0.1, 0.15) is 42.0 Å². The van der Waals surface area contributed by atoms with Crippen molar-refractivity contribution in [2.75, 3.05) is 6.54 Å². The number of aromatic nitrogens is 2. The summed E-state index contributed by atoms with van der Waals surface area (Å²) in [6.45, 7) is 8.15. The second-order valence-corrected chi connectivity index (χ2v) is 5.04. The Morgan fingerprint density at radius 3 is 2.47 bits per heavy atom. The van der Waals surface area contributed by atoms with E-state index in [2.05, 4.69) is 24.3 Å². The van der Waals surface area contributed by atoms with Crippen LogP contribution in [-0.2, 0) is 11.3 Å². The van der Waals surface area contributed by atoms with Crippen LogP contribution in [0.15, 0.2) is 0 Å². The molecule has 0 aliphatic rings. The third-order valence-corrected chi connectivity index (χ3v) is 2.93. The molecule has 0 atom stereocenters. The van der Waals surface area contributed by atoms with E-state index in [9.17, 15) is 9.59 Å². The summed E-state index contributed by atoms with van der Waals surface area (Å²) in [4.78, 5) is 22.8. The molecule has 0 radical (unpaired) electrons. The average Bonchev–Trinajstić information content (AvgIpc) is 2.53. The lowest BCUT2D eigenvalue weighted by Gasteiger charge is -2.08. The number of rotatable bonds is 6. The predicted molar refractivity (Wildman–Crippen MR) is 71.1 cm³/mol. The number of carboxylic acid groups (broad SMARTS) is 1. The number of aryl methyl sites for hydroxylation is 1. The van der Waals surface area contributed by atoms with Gasteiger partial charge in [0.2, 0.25) is 5.91 Å². The number of hydrogen-bond acceptors (Lipinski definition) is 3. The topological polar surface area (TPSA) is 84.2 Å². The summed E-state index contributed by atoms with van der Waals surface area (Å²) >= 11 is 0. The van der Waals surface area contributed by atoms with Crippen molar-refractivity contribution in [1.29, 1.82) is 0 Å². The van der Waals surface area contributed by atoms with Gasteiger partial charge >= 0.3 is 5.97 Å². The van der Waals surface area contributed by atoms with Gasteiger partial charge < -0.3 is 10.4 Å². The van der Waals surface area contributed by atoms with E-state index in [0.29, 0.717) is 23.9 Å². The van der Waals surface area contributed by atoms with Crippen LogP contribution in [0.25, 0.3) is 0 Å². The summed E-state index contributed by atoms with van der Waals surface area (Å²) in [5.74, 6) is -0.628. The second-order valence-electron chi connectivity index (χ2n) is 5.04. The summed E-state index contributed by atoms with van der Waals surface area (Å²) in [5.41, 5.74) is 1.11. The zero-order valence-electron chi connectivity index (χ0n) is 11.9. The van der Waals surface area contributed by atoms with Crippen molar-refractivity contribution in [2.24, 2.45) is 5.92 Å². The molecule has 1 aromatic rings. The lowest BCUT2D eigenvalue weighted by Crippen LogP contribution is -2.29. The van der Waals surface area contributed by atoms with E-state index in [4.69, 9.17) is 5.11 Å². The molecule has 1 rings (SSSR count). The fourth-order valence-electron chi connectivity index (χ4n) is 1.85. The molecule has 1 amide bonds. The number of carbonyl (C=O) groups excluding carboxylic acids is 1. The molecule has 2 N–H and O–H groups in total. The molecular weight excluding hydrogens is 246 g/mol. The van der Waals surface area contributed by atoms with Gasteiger partial charge in [-0.15, -0.1) is 0 Å². The molecule has 106 valence electrons. The first-order valence-corrected chi connectivity index (χ1v) is 6.37. The van der Waals surface area contributed by atoms with Gasteiger partial charge in [0.15, 0.2) is 0 Å². The fourth-order valence-corrected chi connectivity index (χ4v) is 1.85. The highest BCUT2D eigenvalue weighted by Crippen LogP contribution is 2.12. The molecule has 6 nitrogen and oxygen atoms in total. The van der Waals surface area contributed by atoms with Crippen LogP contribution in [0, 0.1) is 19.8 Å². The molecule has 0 spiro atoms. The van der Waals surface area contributed by atoms with Crippen LogP contribution in [0.3, 0.4) is 0 Å². The van der Waals surface area contributed by atoms with E-state index >= 15 is 0 Å². The average molecular weight is 267 g/mol. The van der Waals surface area contributed by atoms with Gasteiger partial charge in [-0.3, -0.25) is 9.48 Å². The third-order valence-electron chi connectivity index (χ3n) is 2.93. The first-order chi connectivity index (χ1) is 8.82. The van der Waals surface area contributed by atoms with Gasteiger partial charge in [0.05, 0.1) is 11.4 Å². The molecule has 0 saturated heterocycles. The lowest BCUT2D eigenvalue weighted by molar-refractivity contribution is -0.121. The van der Waals surface area contributed by atoms with E-state index in [-0.39, 0.29) is 18.0 Å². The number of aromatic carboxylic acids is 1. The van der Waals surface area contributed by atoms with Gasteiger partial charge in [-0.2, -0.15) is 5.10 Å². The smallest absolute Gasteiger partial charge is 0.339 e. The summed E-state index contributed by atoms with van der Waals surface area (Å²) in [6.07, 6.45) is 0.920. The first kappa shape index (κ1) is 15.2. The quantitative estimate of drug-likeness (QED) is 0.815. The lowest BCUT2D eigenvalue weighted by atomic mass is 10.1. The van der Waals surface area contributed by atoms with Crippen molar-refractivity contribution < 1.29 is 14.7 Å². The molecule has 0 aromatic carbocycles. The van der Waals surface area contributed by atoms with E-state index in [1.165, 1.54) is 4.68 Å². The zero-order valence-corrected chi connectivity index (χ0v) is 11.9. The van der Waals surface area contributed by atoms with Crippen LogP contribution in [0.5, 0.6) is 0 Å². The molecule has 0 aliphatic heterocycles. The minimum atomic E-state index is -1.01. The molecule has 0 saturated carbocycles. The highest BCUT2D eigenvalue weighted by molar-refractivity contribution is 5.90. The Labute approximate surface area is 112 Å². The van der Waals surface area contributed by atoms with Gasteiger partial charge in [-0.05, 0) is 26.2 Å². The Balaban J connectivity index is 2.65. The normalized spacial score (nSPS) is 10.8. The summed E-state index contributed by atoms with van der Waals surface area (Å²) in [7, 11) is 0. The predicted octanol–water partition coefficient (Wildman–Crippen LogP) is 1.36. The van der Waals surface area contributed by atoms with E-state index in [0.717, 1.165) is 6.42 Å². The van der Waals surface area contributed by atoms with Crippen molar-refractivity contribution in [3.05, 3.63) is 17.0 Å². The van der Waals surface area contributed by atoms with Crippen LogP contribution in [0.4, 0.5) is 0 Å². The third kappa shape index (κ3) is 4.08. The van der Waals surface area contributed by atoms with Gasteiger partial charge in [-0.25, -0.2) is 4.79 Å². The standard InChI is InChI=1S/C13H21N3O3/c1-8(2)5-6-14-11(17)7-16-10(4)12(13(18)19)9(3)15-16/h8H,5-7H2,1-4H3,(H,14,17)(H,18,19). The molecule has 1 heterocycles. The summed E-state index contributed by atoms with van der Waals surface area (Å²) in [6, 6.07) is 0. The number of nitrogens with zero attached hydrogens (tertiary/aromatic N) is 2. The van der Waals surface area contributed by atoms with Crippen molar-refractivity contribution in [3.63, 3.8) is 0 Å². The Kier molecular flexibility index (Phi) is 5.09. The van der Waals surface area contributed by atoms with Crippen molar-refractivity contribution in [1.82, 2.24) is 15.1 Å². The maximum atomic E-state index is 11.7. The molecule has 1 aromatic heterocycles. The second kappa shape index (κ2) is 6.36. The van der Waals surface area contributed by atoms with Gasteiger partial charge in [0.25, 0.3) is 0 Å². The van der Waals surface area contributed by atoms with Gasteiger partial charge in [0.1, 0.15) is 12.1 Å². The molecule has 6 heteroatoms.